The summed E-state index contributed by atoms with van der Waals surface area (Å²) in [6, 6.07) is 1.83. The Hall–Kier alpha value is -1.89. The van der Waals surface area contributed by atoms with E-state index in [4.69, 9.17) is 9.47 Å². The first-order chi connectivity index (χ1) is 11.8. The van der Waals surface area contributed by atoms with Crippen molar-refractivity contribution in [2.24, 2.45) is 11.8 Å². The Morgan fingerprint density at radius 3 is 2.92 bits per heavy atom. The number of methoxy groups -OCH3 is 1. The van der Waals surface area contributed by atoms with Gasteiger partial charge in [0.1, 0.15) is 12.1 Å². The van der Waals surface area contributed by atoms with E-state index in [1.807, 2.05) is 11.0 Å². The third-order valence-electron chi connectivity index (χ3n) is 5.49. The fourth-order valence-corrected chi connectivity index (χ4v) is 4.21. The molecule has 0 N–H and O–H groups in total. The van der Waals surface area contributed by atoms with Crippen LogP contribution in [0.3, 0.4) is 0 Å². The molecule has 24 heavy (non-hydrogen) atoms. The monoisotopic (exact) mass is 332 g/mol. The van der Waals surface area contributed by atoms with E-state index < -0.39 is 0 Å². The van der Waals surface area contributed by atoms with Crippen molar-refractivity contribution in [2.75, 3.05) is 44.8 Å². The fraction of sp³-hybridized carbons (Fsp3) is 0.706. The maximum absolute atomic E-state index is 13.0. The van der Waals surface area contributed by atoms with Gasteiger partial charge >= 0.3 is 0 Å². The first-order valence-electron chi connectivity index (χ1n) is 8.77. The minimum atomic E-state index is -0.00897. The first-order valence-corrected chi connectivity index (χ1v) is 8.77. The summed E-state index contributed by atoms with van der Waals surface area (Å²) in [6.07, 6.45) is 4.84. The standard InChI is InChI=1S/C17H24N4O3/c1-23-16-8-15(18-11-19-16)21-9-13(12-4-7-24-14(12)10-21)17(22)20-5-2-3-6-20/h8,11-14H,2-7,9-10H2,1H3/t12-,13+,14+/m1/s1. The van der Waals surface area contributed by atoms with Crippen LogP contribution in [0.1, 0.15) is 19.3 Å². The molecule has 0 spiro atoms. The van der Waals surface area contributed by atoms with Crippen molar-refractivity contribution in [3.8, 4) is 5.88 Å². The van der Waals surface area contributed by atoms with Crippen molar-refractivity contribution in [3.05, 3.63) is 12.4 Å². The zero-order chi connectivity index (χ0) is 16.5. The molecule has 3 fully saturated rings. The number of nitrogens with zero attached hydrogens (tertiary/aromatic N) is 4. The zero-order valence-electron chi connectivity index (χ0n) is 14.1. The van der Waals surface area contributed by atoms with Gasteiger partial charge in [-0.05, 0) is 19.3 Å². The molecule has 0 unspecified atom stereocenters. The van der Waals surface area contributed by atoms with Gasteiger partial charge in [0.05, 0.1) is 19.1 Å². The van der Waals surface area contributed by atoms with Crippen molar-refractivity contribution in [1.29, 1.82) is 0 Å². The molecule has 1 amide bonds. The van der Waals surface area contributed by atoms with Gasteiger partial charge in [-0.3, -0.25) is 4.79 Å². The molecule has 1 aromatic heterocycles. The normalized spacial score (nSPS) is 29.6. The minimum Gasteiger partial charge on any atom is -0.481 e. The molecule has 3 saturated heterocycles. The number of aromatic nitrogens is 2. The number of likely N-dealkylation sites (tertiary alicyclic amines) is 1. The lowest BCUT2D eigenvalue weighted by atomic mass is 9.82. The Balaban J connectivity index is 1.57. The molecule has 3 aliphatic heterocycles. The van der Waals surface area contributed by atoms with Crippen LogP contribution in [0.5, 0.6) is 5.88 Å². The van der Waals surface area contributed by atoms with E-state index in [2.05, 4.69) is 14.9 Å². The van der Waals surface area contributed by atoms with Crippen LogP contribution in [-0.4, -0.2) is 66.8 Å². The molecular formula is C17H24N4O3. The molecule has 3 aliphatic rings. The van der Waals surface area contributed by atoms with Gasteiger partial charge in [0, 0.05) is 44.8 Å². The second-order valence-electron chi connectivity index (χ2n) is 6.82. The van der Waals surface area contributed by atoms with Crippen molar-refractivity contribution >= 4 is 11.7 Å². The fourth-order valence-electron chi connectivity index (χ4n) is 4.21. The van der Waals surface area contributed by atoms with Gasteiger partial charge in [0.15, 0.2) is 0 Å². The van der Waals surface area contributed by atoms with Gasteiger partial charge in [-0.15, -0.1) is 0 Å². The molecule has 0 aromatic carbocycles. The van der Waals surface area contributed by atoms with Gasteiger partial charge in [0.25, 0.3) is 0 Å². The first kappa shape index (κ1) is 15.6. The molecule has 0 bridgehead atoms. The summed E-state index contributed by atoms with van der Waals surface area (Å²) in [7, 11) is 1.60. The number of hydrogen-bond donors (Lipinski definition) is 0. The molecule has 4 heterocycles. The SMILES string of the molecule is COc1cc(N2C[C@@H]3OCC[C@@H]3[C@@H](C(=O)N3CCCC3)C2)ncn1. The second-order valence-corrected chi connectivity index (χ2v) is 6.82. The molecule has 1 aromatic rings. The summed E-state index contributed by atoms with van der Waals surface area (Å²) in [6.45, 7) is 4.01. The second kappa shape index (κ2) is 6.55. The van der Waals surface area contributed by atoms with E-state index in [-0.39, 0.29) is 12.0 Å². The maximum Gasteiger partial charge on any atom is 0.227 e. The molecular weight excluding hydrogens is 308 g/mol. The lowest BCUT2D eigenvalue weighted by Crippen LogP contribution is -2.53. The number of anilines is 1. The topological polar surface area (TPSA) is 67.8 Å². The highest BCUT2D eigenvalue weighted by Crippen LogP contribution is 2.36. The molecule has 130 valence electrons. The molecule has 0 aliphatic carbocycles. The van der Waals surface area contributed by atoms with Crippen LogP contribution in [-0.2, 0) is 9.53 Å². The molecule has 3 atom stereocenters. The van der Waals surface area contributed by atoms with Crippen molar-refractivity contribution in [3.63, 3.8) is 0 Å². The van der Waals surface area contributed by atoms with Gasteiger partial charge in [-0.1, -0.05) is 0 Å². The number of amides is 1. The summed E-state index contributed by atoms with van der Waals surface area (Å²) in [5.41, 5.74) is 0. The predicted octanol–water partition coefficient (Wildman–Crippen LogP) is 0.949. The number of piperidine rings is 1. The van der Waals surface area contributed by atoms with E-state index in [1.165, 1.54) is 6.33 Å². The summed E-state index contributed by atoms with van der Waals surface area (Å²) in [5.74, 6) is 1.95. The Labute approximate surface area is 142 Å². The third kappa shape index (κ3) is 2.81. The van der Waals surface area contributed by atoms with Crippen molar-refractivity contribution < 1.29 is 14.3 Å². The van der Waals surface area contributed by atoms with Crippen LogP contribution in [0.15, 0.2) is 12.4 Å². The van der Waals surface area contributed by atoms with Gasteiger partial charge in [0.2, 0.25) is 11.8 Å². The lowest BCUT2D eigenvalue weighted by molar-refractivity contribution is -0.137. The number of carbonyl (C=O) groups excluding carboxylic acids is 1. The summed E-state index contributed by atoms with van der Waals surface area (Å²) in [4.78, 5) is 25.7. The smallest absolute Gasteiger partial charge is 0.227 e. The van der Waals surface area contributed by atoms with Crippen molar-refractivity contribution in [2.45, 2.75) is 25.4 Å². The van der Waals surface area contributed by atoms with E-state index >= 15 is 0 Å². The van der Waals surface area contributed by atoms with Gasteiger partial charge in [-0.25, -0.2) is 9.97 Å². The maximum atomic E-state index is 13.0. The molecule has 7 nitrogen and oxygen atoms in total. The van der Waals surface area contributed by atoms with Gasteiger partial charge < -0.3 is 19.3 Å². The summed E-state index contributed by atoms with van der Waals surface area (Å²) >= 11 is 0. The number of fused-ring (bicyclic) bond motifs is 1. The highest BCUT2D eigenvalue weighted by molar-refractivity contribution is 5.80. The summed E-state index contributed by atoms with van der Waals surface area (Å²) in [5, 5.41) is 0. The van der Waals surface area contributed by atoms with Crippen molar-refractivity contribution in [1.82, 2.24) is 14.9 Å². The van der Waals surface area contributed by atoms with E-state index in [9.17, 15) is 4.79 Å². The lowest BCUT2D eigenvalue weighted by Gasteiger charge is -2.41. The highest BCUT2D eigenvalue weighted by atomic mass is 16.5. The van der Waals surface area contributed by atoms with Crippen LogP contribution in [0.4, 0.5) is 5.82 Å². The average Bonchev–Trinajstić information content (AvgIpc) is 3.31. The highest BCUT2D eigenvalue weighted by Gasteiger charge is 2.45. The average molecular weight is 332 g/mol. The minimum absolute atomic E-state index is 0.00897. The number of carbonyl (C=O) groups is 1. The van der Waals surface area contributed by atoms with Crippen LogP contribution in [0.2, 0.25) is 0 Å². The van der Waals surface area contributed by atoms with Crippen LogP contribution in [0, 0.1) is 11.8 Å². The number of rotatable bonds is 3. The Bertz CT molecular complexity index is 605. The largest absolute Gasteiger partial charge is 0.481 e. The number of hydrogen-bond acceptors (Lipinski definition) is 6. The van der Waals surface area contributed by atoms with Crippen LogP contribution in [0.25, 0.3) is 0 Å². The van der Waals surface area contributed by atoms with E-state index in [1.54, 1.807) is 7.11 Å². The summed E-state index contributed by atoms with van der Waals surface area (Å²) < 4.78 is 11.1. The molecule has 0 radical (unpaired) electrons. The van der Waals surface area contributed by atoms with E-state index in [0.717, 1.165) is 51.3 Å². The quantitative estimate of drug-likeness (QED) is 0.821. The predicted molar refractivity (Wildman–Crippen MR) is 87.9 cm³/mol. The number of ether oxygens (including phenoxy) is 2. The Morgan fingerprint density at radius 2 is 2.12 bits per heavy atom. The van der Waals surface area contributed by atoms with Crippen LogP contribution >= 0.6 is 0 Å². The Kier molecular flexibility index (Phi) is 4.26. The molecule has 0 saturated carbocycles. The molecule has 7 heteroatoms. The Morgan fingerprint density at radius 1 is 1.29 bits per heavy atom. The van der Waals surface area contributed by atoms with E-state index in [0.29, 0.717) is 24.2 Å². The zero-order valence-corrected chi connectivity index (χ0v) is 14.1. The molecule has 4 rings (SSSR count). The van der Waals surface area contributed by atoms with Crippen LogP contribution < -0.4 is 9.64 Å². The van der Waals surface area contributed by atoms with Gasteiger partial charge in [-0.2, -0.15) is 0 Å². The third-order valence-corrected chi connectivity index (χ3v) is 5.49.